The number of fused-ring (bicyclic) bond motifs is 1. The Kier molecular flexibility index (Phi) is 7.04. The average molecular weight is 522 g/mol. The maximum absolute atomic E-state index is 11.0. The molecule has 1 aromatic carbocycles. The van der Waals surface area contributed by atoms with Crippen LogP contribution in [0.3, 0.4) is 0 Å². The number of anilines is 1. The van der Waals surface area contributed by atoms with Crippen molar-refractivity contribution in [1.29, 1.82) is 0 Å². The van der Waals surface area contributed by atoms with Gasteiger partial charge in [-0.05, 0) is 65.0 Å². The number of nitrogens with one attached hydrogen (secondary N) is 1. The molecule has 11 heteroatoms. The first-order valence-electron chi connectivity index (χ1n) is 10.3. The quantitative estimate of drug-likeness (QED) is 0.346. The molecule has 1 amide bonds. The van der Waals surface area contributed by atoms with E-state index in [-0.39, 0.29) is 0 Å². The van der Waals surface area contributed by atoms with E-state index in [1.54, 1.807) is 26.0 Å². The van der Waals surface area contributed by atoms with Crippen molar-refractivity contribution in [3.05, 3.63) is 22.9 Å². The number of aryl methyl sites for hydroxylation is 1. The Morgan fingerprint density at radius 3 is 2.69 bits per heavy atom. The fourth-order valence-corrected chi connectivity index (χ4v) is 5.49. The van der Waals surface area contributed by atoms with Crippen molar-refractivity contribution in [3.63, 3.8) is 0 Å². The topological polar surface area (TPSA) is 110 Å². The van der Waals surface area contributed by atoms with Crippen molar-refractivity contribution >= 4 is 51.1 Å². The number of nitrogens with zero attached hydrogens (tertiary/aromatic N) is 4. The first-order chi connectivity index (χ1) is 15.5. The molecule has 9 nitrogen and oxygen atoms in total. The number of aromatic amines is 1. The van der Waals surface area contributed by atoms with Crippen molar-refractivity contribution < 1.29 is 18.8 Å². The van der Waals surface area contributed by atoms with Crippen LogP contribution in [0, 0.1) is 5.92 Å². The molecule has 3 heterocycles. The SMILES string of the molecule is COc1cc(Br)c(Sc2[nH]c3c(N)ncnc3[n+]2CCC2CCN(C=O)CC2)cc1OC. The Labute approximate surface area is 198 Å². The molecular formula is C21H26BrN6O3S+. The summed E-state index contributed by atoms with van der Waals surface area (Å²) in [6.07, 6.45) is 5.46. The van der Waals surface area contributed by atoms with Crippen LogP contribution in [0.5, 0.6) is 11.5 Å². The molecule has 170 valence electrons. The number of nitrogens with two attached hydrogens (primary N) is 1. The van der Waals surface area contributed by atoms with Crippen molar-refractivity contribution in [2.45, 2.75) is 35.9 Å². The van der Waals surface area contributed by atoms with Crippen molar-refractivity contribution in [1.82, 2.24) is 19.9 Å². The van der Waals surface area contributed by atoms with E-state index < -0.39 is 0 Å². The van der Waals surface area contributed by atoms with Gasteiger partial charge >= 0.3 is 5.65 Å². The zero-order valence-corrected chi connectivity index (χ0v) is 20.4. The Balaban J connectivity index is 1.63. The highest BCUT2D eigenvalue weighted by Crippen LogP contribution is 2.40. The number of hydrogen-bond acceptors (Lipinski definition) is 7. The molecule has 1 fully saturated rings. The van der Waals surface area contributed by atoms with Gasteiger partial charge < -0.3 is 20.1 Å². The first kappa shape index (κ1) is 22.7. The number of carbonyl (C=O) groups is 1. The second kappa shape index (κ2) is 9.95. The lowest BCUT2D eigenvalue weighted by molar-refractivity contribution is -0.711. The van der Waals surface area contributed by atoms with E-state index in [2.05, 4.69) is 35.4 Å². The molecule has 0 radical (unpaired) electrons. The summed E-state index contributed by atoms with van der Waals surface area (Å²) in [7, 11) is 3.24. The molecule has 0 spiro atoms. The average Bonchev–Trinajstić information content (AvgIpc) is 3.17. The Morgan fingerprint density at radius 1 is 1.28 bits per heavy atom. The standard InChI is InChI=1S/C21H25BrN6O3S/c1-30-15-9-14(22)17(10-16(15)31-2)32-21-26-18-19(23)24-11-25-20(18)28(21)8-5-13-3-6-27(12-29)7-4-13/h9-13H,3-8H2,1-2H3,(H2,23,24,25)/p+1. The number of nitrogen functional groups attached to an aromatic ring is 1. The van der Waals surface area contributed by atoms with Crippen molar-refractivity contribution in [2.75, 3.05) is 33.0 Å². The summed E-state index contributed by atoms with van der Waals surface area (Å²) in [5, 5.41) is 0.908. The molecule has 0 bridgehead atoms. The minimum Gasteiger partial charge on any atom is -0.493 e. The van der Waals surface area contributed by atoms with Crippen molar-refractivity contribution in [2.24, 2.45) is 5.92 Å². The van der Waals surface area contributed by atoms with E-state index in [9.17, 15) is 4.79 Å². The van der Waals surface area contributed by atoms with Gasteiger partial charge in [0.25, 0.3) is 5.16 Å². The van der Waals surface area contributed by atoms with Gasteiger partial charge in [0, 0.05) is 22.5 Å². The zero-order valence-electron chi connectivity index (χ0n) is 18.0. The van der Waals surface area contributed by atoms with Gasteiger partial charge in [0.05, 0.1) is 20.8 Å². The van der Waals surface area contributed by atoms with Gasteiger partial charge in [-0.15, -0.1) is 0 Å². The van der Waals surface area contributed by atoms with Crippen LogP contribution in [0.15, 0.2) is 33.0 Å². The van der Waals surface area contributed by atoms with E-state index in [0.717, 1.165) is 71.0 Å². The summed E-state index contributed by atoms with van der Waals surface area (Å²) in [6.45, 7) is 2.43. The van der Waals surface area contributed by atoms with E-state index in [1.165, 1.54) is 6.33 Å². The lowest BCUT2D eigenvalue weighted by Crippen LogP contribution is -2.38. The summed E-state index contributed by atoms with van der Waals surface area (Å²) in [5.41, 5.74) is 7.63. The Bertz CT molecular complexity index is 1120. The molecule has 32 heavy (non-hydrogen) atoms. The predicted molar refractivity (Wildman–Crippen MR) is 125 cm³/mol. The van der Waals surface area contributed by atoms with Gasteiger partial charge in [-0.1, -0.05) is 4.98 Å². The maximum atomic E-state index is 11.0. The molecule has 3 N–H and O–H groups in total. The van der Waals surface area contributed by atoms with Gasteiger partial charge in [-0.25, -0.2) is 4.57 Å². The summed E-state index contributed by atoms with van der Waals surface area (Å²) in [4.78, 5) is 25.8. The predicted octanol–water partition coefficient (Wildman–Crippen LogP) is 3.02. The molecule has 0 atom stereocenters. The molecule has 0 aliphatic carbocycles. The molecule has 4 rings (SSSR count). The number of piperidine rings is 1. The molecule has 1 saturated heterocycles. The molecule has 1 aliphatic heterocycles. The van der Waals surface area contributed by atoms with E-state index in [1.807, 2.05) is 17.0 Å². The van der Waals surface area contributed by atoms with Crippen LogP contribution in [0.25, 0.3) is 11.2 Å². The number of H-pyrrole nitrogens is 1. The van der Waals surface area contributed by atoms with Crippen LogP contribution in [0.1, 0.15) is 19.3 Å². The van der Waals surface area contributed by atoms with Crippen LogP contribution < -0.4 is 19.8 Å². The lowest BCUT2D eigenvalue weighted by Gasteiger charge is -2.28. The second-order valence-corrected chi connectivity index (χ2v) is 9.54. The number of aromatic nitrogens is 4. The third kappa shape index (κ3) is 4.63. The molecule has 0 unspecified atom stereocenters. The lowest BCUT2D eigenvalue weighted by atomic mass is 9.94. The number of methoxy groups -OCH3 is 2. The number of ether oxygens (including phenoxy) is 2. The molecular weight excluding hydrogens is 496 g/mol. The van der Waals surface area contributed by atoms with Crippen LogP contribution in [0.2, 0.25) is 0 Å². The number of benzene rings is 1. The fourth-order valence-electron chi connectivity index (χ4n) is 3.95. The third-order valence-corrected chi connectivity index (χ3v) is 7.79. The molecule has 3 aromatic rings. The second-order valence-electron chi connectivity index (χ2n) is 7.65. The maximum Gasteiger partial charge on any atom is 0.308 e. The summed E-state index contributed by atoms with van der Waals surface area (Å²) < 4.78 is 13.9. The summed E-state index contributed by atoms with van der Waals surface area (Å²) in [6, 6.07) is 3.83. The Morgan fingerprint density at radius 2 is 2.00 bits per heavy atom. The van der Waals surface area contributed by atoms with E-state index in [4.69, 9.17) is 15.2 Å². The summed E-state index contributed by atoms with van der Waals surface area (Å²) in [5.74, 6) is 2.29. The highest BCUT2D eigenvalue weighted by molar-refractivity contribution is 9.10. The van der Waals surface area contributed by atoms with Crippen LogP contribution in [0.4, 0.5) is 5.82 Å². The molecule has 1 aliphatic rings. The minimum atomic E-state index is 0.418. The first-order valence-corrected chi connectivity index (χ1v) is 12.0. The van der Waals surface area contributed by atoms with E-state index in [0.29, 0.717) is 23.2 Å². The normalized spacial score (nSPS) is 14.7. The number of imidazole rings is 1. The van der Waals surface area contributed by atoms with Gasteiger partial charge in [0.2, 0.25) is 11.9 Å². The number of likely N-dealkylation sites (tertiary alicyclic amines) is 1. The third-order valence-electron chi connectivity index (χ3n) is 5.79. The monoisotopic (exact) mass is 521 g/mol. The van der Waals surface area contributed by atoms with Crippen LogP contribution in [-0.2, 0) is 11.3 Å². The smallest absolute Gasteiger partial charge is 0.308 e. The largest absolute Gasteiger partial charge is 0.493 e. The number of rotatable bonds is 8. The summed E-state index contributed by atoms with van der Waals surface area (Å²) >= 11 is 5.20. The minimum absolute atomic E-state index is 0.418. The van der Waals surface area contributed by atoms with Crippen LogP contribution >= 0.6 is 27.7 Å². The zero-order chi connectivity index (χ0) is 22.7. The van der Waals surface area contributed by atoms with Gasteiger partial charge in [-0.3, -0.25) is 9.78 Å². The van der Waals surface area contributed by atoms with E-state index >= 15 is 0 Å². The molecule has 2 aromatic heterocycles. The van der Waals surface area contributed by atoms with Crippen molar-refractivity contribution in [3.8, 4) is 11.5 Å². The van der Waals surface area contributed by atoms with Gasteiger partial charge in [-0.2, -0.15) is 4.98 Å². The highest BCUT2D eigenvalue weighted by atomic mass is 79.9. The number of halogens is 1. The number of hydrogen-bond donors (Lipinski definition) is 2. The number of carbonyl (C=O) groups excluding carboxylic acids is 1. The molecule has 0 saturated carbocycles. The highest BCUT2D eigenvalue weighted by Gasteiger charge is 2.25. The van der Waals surface area contributed by atoms with Crippen LogP contribution in [-0.4, -0.2) is 53.6 Å². The van der Waals surface area contributed by atoms with Gasteiger partial charge in [0.15, 0.2) is 23.6 Å². The fraction of sp³-hybridized carbons (Fsp3) is 0.429. The van der Waals surface area contributed by atoms with Gasteiger partial charge in [0.1, 0.15) is 0 Å². The number of amides is 1. The Hall–Kier alpha value is -2.53.